The summed E-state index contributed by atoms with van der Waals surface area (Å²) >= 11 is 0. The zero-order valence-corrected chi connectivity index (χ0v) is 10.6. The van der Waals surface area contributed by atoms with Crippen molar-refractivity contribution in [2.75, 3.05) is 0 Å². The van der Waals surface area contributed by atoms with E-state index in [9.17, 15) is 9.59 Å². The zero-order chi connectivity index (χ0) is 13.7. The quantitative estimate of drug-likeness (QED) is 0.236. The molecule has 0 unspecified atom stereocenters. The Balaban J connectivity index is 2.37. The molecule has 4 aromatic rings. The van der Waals surface area contributed by atoms with Crippen molar-refractivity contribution in [2.45, 2.75) is 0 Å². The van der Waals surface area contributed by atoms with Crippen LogP contribution in [0.2, 0.25) is 0 Å². The van der Waals surface area contributed by atoms with Crippen molar-refractivity contribution in [3.63, 3.8) is 0 Å². The molecule has 2 heteroatoms. The van der Waals surface area contributed by atoms with Gasteiger partial charge in [0.05, 0.1) is 0 Å². The Morgan fingerprint density at radius 1 is 0.800 bits per heavy atom. The number of hydrogen-bond acceptors (Lipinski definition) is 2. The van der Waals surface area contributed by atoms with E-state index in [1.54, 1.807) is 0 Å². The van der Waals surface area contributed by atoms with Crippen LogP contribution < -0.4 is 0 Å². The number of carbonyl (C=O) groups is 2. The maximum Gasteiger partial charge on any atom is 0.226 e. The molecular weight excluding hydrogens is 248 g/mol. The SMILES string of the molecule is O=CC(=O)c1cc2cccc3ccc4cccc1c4c32. The Bertz CT molecular complexity index is 983. The highest BCUT2D eigenvalue weighted by atomic mass is 16.2. The zero-order valence-electron chi connectivity index (χ0n) is 10.6. The molecule has 0 spiro atoms. The molecule has 0 bridgehead atoms. The molecule has 0 heterocycles. The molecule has 0 aliphatic heterocycles. The van der Waals surface area contributed by atoms with Crippen LogP contribution in [0.5, 0.6) is 0 Å². The van der Waals surface area contributed by atoms with Gasteiger partial charge in [0.2, 0.25) is 5.78 Å². The second-order valence-corrected chi connectivity index (χ2v) is 4.95. The first kappa shape index (κ1) is 11.1. The van der Waals surface area contributed by atoms with E-state index in [1.165, 1.54) is 0 Å². The fraction of sp³-hybridized carbons (Fsp3) is 0. The Labute approximate surface area is 115 Å². The summed E-state index contributed by atoms with van der Waals surface area (Å²) < 4.78 is 0. The van der Waals surface area contributed by atoms with E-state index in [-0.39, 0.29) is 0 Å². The third-order valence-corrected chi connectivity index (χ3v) is 3.88. The van der Waals surface area contributed by atoms with Crippen molar-refractivity contribution in [1.29, 1.82) is 0 Å². The second kappa shape index (κ2) is 3.87. The number of ketones is 1. The van der Waals surface area contributed by atoms with Gasteiger partial charge in [-0.2, -0.15) is 0 Å². The number of benzene rings is 4. The first-order chi connectivity index (χ1) is 9.79. The minimum atomic E-state index is -0.469. The van der Waals surface area contributed by atoms with E-state index < -0.39 is 5.78 Å². The molecule has 20 heavy (non-hydrogen) atoms. The lowest BCUT2D eigenvalue weighted by Crippen LogP contribution is -2.01. The van der Waals surface area contributed by atoms with Crippen LogP contribution >= 0.6 is 0 Å². The molecule has 0 radical (unpaired) electrons. The molecule has 0 aliphatic rings. The summed E-state index contributed by atoms with van der Waals surface area (Å²) in [5.74, 6) is -0.469. The van der Waals surface area contributed by atoms with Crippen molar-refractivity contribution in [3.8, 4) is 0 Å². The van der Waals surface area contributed by atoms with E-state index in [2.05, 4.69) is 18.2 Å². The molecule has 0 N–H and O–H groups in total. The summed E-state index contributed by atoms with van der Waals surface area (Å²) in [6.45, 7) is 0. The lowest BCUT2D eigenvalue weighted by atomic mass is 9.90. The van der Waals surface area contributed by atoms with Gasteiger partial charge < -0.3 is 0 Å². The van der Waals surface area contributed by atoms with Gasteiger partial charge in [-0.15, -0.1) is 0 Å². The minimum Gasteiger partial charge on any atom is -0.294 e. The Hall–Kier alpha value is -2.74. The van der Waals surface area contributed by atoms with Crippen molar-refractivity contribution < 1.29 is 9.59 Å². The van der Waals surface area contributed by atoms with Gasteiger partial charge in [-0.05, 0) is 38.4 Å². The summed E-state index contributed by atoms with van der Waals surface area (Å²) in [5.41, 5.74) is 0.483. The molecule has 4 rings (SSSR count). The molecule has 0 saturated heterocycles. The van der Waals surface area contributed by atoms with Gasteiger partial charge >= 0.3 is 0 Å². The minimum absolute atomic E-state index is 0.388. The van der Waals surface area contributed by atoms with Gasteiger partial charge in [0.1, 0.15) is 0 Å². The lowest BCUT2D eigenvalue weighted by Gasteiger charge is -2.12. The van der Waals surface area contributed by atoms with Crippen LogP contribution in [0.25, 0.3) is 32.3 Å². The fourth-order valence-electron chi connectivity index (χ4n) is 3.03. The number of aldehydes is 1. The van der Waals surface area contributed by atoms with Gasteiger partial charge in [0, 0.05) is 5.56 Å². The van der Waals surface area contributed by atoms with Crippen LogP contribution in [0.3, 0.4) is 0 Å². The van der Waals surface area contributed by atoms with Crippen LogP contribution in [0.15, 0.2) is 54.6 Å². The van der Waals surface area contributed by atoms with E-state index in [1.807, 2.05) is 36.4 Å². The van der Waals surface area contributed by atoms with Gasteiger partial charge in [-0.1, -0.05) is 48.5 Å². The normalized spacial score (nSPS) is 11.4. The van der Waals surface area contributed by atoms with Crippen molar-refractivity contribution >= 4 is 44.4 Å². The highest BCUT2D eigenvalue weighted by Gasteiger charge is 2.15. The van der Waals surface area contributed by atoms with Gasteiger partial charge in [0.15, 0.2) is 6.29 Å². The summed E-state index contributed by atoms with van der Waals surface area (Å²) in [5, 5.41) is 6.31. The summed E-state index contributed by atoms with van der Waals surface area (Å²) in [6, 6.07) is 17.8. The Morgan fingerprint density at radius 2 is 1.45 bits per heavy atom. The average Bonchev–Trinajstić information content (AvgIpc) is 2.51. The number of rotatable bonds is 2. The molecular formula is C18H10O2. The first-order valence-electron chi connectivity index (χ1n) is 6.45. The molecule has 0 fully saturated rings. The van der Waals surface area contributed by atoms with E-state index >= 15 is 0 Å². The van der Waals surface area contributed by atoms with Crippen LogP contribution in [0.4, 0.5) is 0 Å². The molecule has 0 atom stereocenters. The molecule has 0 aliphatic carbocycles. The standard InChI is InChI=1S/C18H10O2/c19-10-16(20)15-9-13-5-1-3-11-7-8-12-4-2-6-14(15)18(12)17(11)13/h1-10H. The molecule has 4 aromatic carbocycles. The fourth-order valence-corrected chi connectivity index (χ4v) is 3.03. The third kappa shape index (κ3) is 1.33. The van der Waals surface area contributed by atoms with Crippen LogP contribution in [0, 0.1) is 0 Å². The summed E-state index contributed by atoms with van der Waals surface area (Å²) in [6.07, 6.45) is 0.388. The molecule has 0 amide bonds. The summed E-state index contributed by atoms with van der Waals surface area (Å²) in [4.78, 5) is 22.8. The van der Waals surface area contributed by atoms with Gasteiger partial charge in [0.25, 0.3) is 0 Å². The number of Topliss-reactive ketones (excluding diaryl/α,β-unsaturated/α-hetero) is 1. The monoisotopic (exact) mass is 258 g/mol. The van der Waals surface area contributed by atoms with E-state index in [0.717, 1.165) is 32.3 Å². The van der Waals surface area contributed by atoms with Crippen LogP contribution in [-0.4, -0.2) is 12.1 Å². The van der Waals surface area contributed by atoms with Crippen molar-refractivity contribution in [1.82, 2.24) is 0 Å². The Morgan fingerprint density at radius 3 is 2.20 bits per heavy atom. The molecule has 0 saturated carbocycles. The highest BCUT2D eigenvalue weighted by Crippen LogP contribution is 2.36. The van der Waals surface area contributed by atoms with E-state index in [4.69, 9.17) is 0 Å². The third-order valence-electron chi connectivity index (χ3n) is 3.88. The molecule has 94 valence electrons. The largest absolute Gasteiger partial charge is 0.294 e. The first-order valence-corrected chi connectivity index (χ1v) is 6.45. The van der Waals surface area contributed by atoms with Gasteiger partial charge in [-0.25, -0.2) is 0 Å². The second-order valence-electron chi connectivity index (χ2n) is 4.95. The lowest BCUT2D eigenvalue weighted by molar-refractivity contribution is -0.104. The predicted molar refractivity (Wildman–Crippen MR) is 80.5 cm³/mol. The number of hydrogen-bond donors (Lipinski definition) is 0. The maximum absolute atomic E-state index is 11.9. The van der Waals surface area contributed by atoms with Gasteiger partial charge in [-0.3, -0.25) is 9.59 Å². The van der Waals surface area contributed by atoms with Crippen LogP contribution in [0.1, 0.15) is 10.4 Å². The van der Waals surface area contributed by atoms with Crippen molar-refractivity contribution in [2.24, 2.45) is 0 Å². The van der Waals surface area contributed by atoms with E-state index in [0.29, 0.717) is 11.8 Å². The topological polar surface area (TPSA) is 34.1 Å². The average molecular weight is 258 g/mol. The molecule has 0 aromatic heterocycles. The predicted octanol–water partition coefficient (Wildman–Crippen LogP) is 3.97. The summed E-state index contributed by atoms with van der Waals surface area (Å²) in [7, 11) is 0. The highest BCUT2D eigenvalue weighted by molar-refractivity contribution is 6.39. The van der Waals surface area contributed by atoms with Crippen LogP contribution in [-0.2, 0) is 4.79 Å². The Kier molecular flexibility index (Phi) is 2.15. The molecule has 2 nitrogen and oxygen atoms in total. The number of carbonyl (C=O) groups excluding carboxylic acids is 2. The smallest absolute Gasteiger partial charge is 0.226 e. The maximum atomic E-state index is 11.9. The van der Waals surface area contributed by atoms with Crippen molar-refractivity contribution in [3.05, 3.63) is 60.2 Å².